The predicted molar refractivity (Wildman–Crippen MR) is 92.2 cm³/mol. The Morgan fingerprint density at radius 1 is 1.17 bits per heavy atom. The van der Waals surface area contributed by atoms with E-state index in [4.69, 9.17) is 4.74 Å². The molecule has 3 rings (SSSR count). The zero-order valence-corrected chi connectivity index (χ0v) is 13.7. The fourth-order valence-electron chi connectivity index (χ4n) is 3.22. The van der Waals surface area contributed by atoms with Crippen LogP contribution in [0.25, 0.3) is 0 Å². The van der Waals surface area contributed by atoms with Crippen molar-refractivity contribution in [2.45, 2.75) is 38.0 Å². The highest BCUT2D eigenvalue weighted by Crippen LogP contribution is 2.29. The Kier molecular flexibility index (Phi) is 5.96. The second kappa shape index (κ2) is 8.38. The number of ether oxygens (including phenoxy) is 1. The van der Waals surface area contributed by atoms with Gasteiger partial charge in [0.2, 0.25) is 0 Å². The third kappa shape index (κ3) is 4.41. The standard InChI is InChI=1S/C20H24FNO2/c21-19-10-4-2-7-16(19)13-24-14-17(23)12-22-20-11-5-8-15-6-1-3-9-18(15)20/h1-4,6-7,9-10,17,20,22-23H,5,8,11-14H2/t17-,20+/m1/s1. The molecule has 128 valence electrons. The lowest BCUT2D eigenvalue weighted by molar-refractivity contribution is 0.0263. The Balaban J connectivity index is 1.43. The van der Waals surface area contributed by atoms with Gasteiger partial charge < -0.3 is 15.2 Å². The molecule has 0 fully saturated rings. The number of fused-ring (bicyclic) bond motifs is 1. The van der Waals surface area contributed by atoms with Gasteiger partial charge in [-0.2, -0.15) is 0 Å². The summed E-state index contributed by atoms with van der Waals surface area (Å²) in [6.07, 6.45) is 2.77. The summed E-state index contributed by atoms with van der Waals surface area (Å²) in [5, 5.41) is 13.5. The summed E-state index contributed by atoms with van der Waals surface area (Å²) < 4.78 is 18.9. The molecule has 0 saturated heterocycles. The van der Waals surface area contributed by atoms with Crippen molar-refractivity contribution in [3.8, 4) is 0 Å². The molecule has 2 aromatic rings. The number of aliphatic hydroxyl groups is 1. The molecule has 0 aliphatic heterocycles. The van der Waals surface area contributed by atoms with E-state index in [-0.39, 0.29) is 25.1 Å². The summed E-state index contributed by atoms with van der Waals surface area (Å²) in [6, 6.07) is 15.3. The number of nitrogens with one attached hydrogen (secondary N) is 1. The highest BCUT2D eigenvalue weighted by molar-refractivity contribution is 5.32. The first-order valence-corrected chi connectivity index (χ1v) is 8.54. The lowest BCUT2D eigenvalue weighted by atomic mass is 9.88. The first-order valence-electron chi connectivity index (χ1n) is 8.54. The Morgan fingerprint density at radius 3 is 2.83 bits per heavy atom. The molecule has 0 bridgehead atoms. The first kappa shape index (κ1) is 17.1. The van der Waals surface area contributed by atoms with Gasteiger partial charge >= 0.3 is 0 Å². The van der Waals surface area contributed by atoms with Crippen LogP contribution in [0.5, 0.6) is 0 Å². The first-order chi connectivity index (χ1) is 11.7. The molecule has 1 aliphatic carbocycles. The van der Waals surface area contributed by atoms with E-state index in [0.717, 1.165) is 19.3 Å². The van der Waals surface area contributed by atoms with Gasteiger partial charge in [0, 0.05) is 18.2 Å². The van der Waals surface area contributed by atoms with Gasteiger partial charge in [-0.3, -0.25) is 0 Å². The molecule has 2 atom stereocenters. The van der Waals surface area contributed by atoms with Gasteiger partial charge in [-0.15, -0.1) is 0 Å². The molecule has 0 aromatic heterocycles. The molecule has 0 amide bonds. The Morgan fingerprint density at radius 2 is 1.96 bits per heavy atom. The number of aliphatic hydroxyl groups excluding tert-OH is 1. The van der Waals surface area contributed by atoms with E-state index in [1.54, 1.807) is 18.2 Å². The summed E-state index contributed by atoms with van der Waals surface area (Å²) in [5.41, 5.74) is 3.24. The third-order valence-electron chi connectivity index (χ3n) is 4.49. The fourth-order valence-corrected chi connectivity index (χ4v) is 3.22. The van der Waals surface area contributed by atoms with Crippen LogP contribution in [0, 0.1) is 5.82 Å². The maximum Gasteiger partial charge on any atom is 0.128 e. The van der Waals surface area contributed by atoms with E-state index in [1.807, 2.05) is 0 Å². The molecule has 0 saturated carbocycles. The molecule has 0 heterocycles. The van der Waals surface area contributed by atoms with Gasteiger partial charge in [0.1, 0.15) is 5.82 Å². The zero-order valence-electron chi connectivity index (χ0n) is 13.7. The smallest absolute Gasteiger partial charge is 0.128 e. The van der Waals surface area contributed by atoms with Gasteiger partial charge in [0.15, 0.2) is 0 Å². The van der Waals surface area contributed by atoms with Crippen LogP contribution < -0.4 is 5.32 Å². The minimum Gasteiger partial charge on any atom is -0.389 e. The summed E-state index contributed by atoms with van der Waals surface area (Å²) in [5.74, 6) is -0.274. The van der Waals surface area contributed by atoms with Crippen LogP contribution in [0.4, 0.5) is 4.39 Å². The molecule has 24 heavy (non-hydrogen) atoms. The van der Waals surface area contributed by atoms with Crippen molar-refractivity contribution in [3.05, 3.63) is 71.0 Å². The molecule has 0 spiro atoms. The quantitative estimate of drug-likeness (QED) is 0.818. The minimum atomic E-state index is -0.606. The van der Waals surface area contributed by atoms with Crippen LogP contribution in [0.3, 0.4) is 0 Å². The van der Waals surface area contributed by atoms with Gasteiger partial charge in [0.25, 0.3) is 0 Å². The summed E-state index contributed by atoms with van der Waals surface area (Å²) in [7, 11) is 0. The second-order valence-electron chi connectivity index (χ2n) is 6.31. The maximum absolute atomic E-state index is 13.5. The van der Waals surface area contributed by atoms with Crippen LogP contribution in [-0.2, 0) is 17.8 Å². The summed E-state index contributed by atoms with van der Waals surface area (Å²) >= 11 is 0. The van der Waals surface area contributed by atoms with Gasteiger partial charge in [-0.1, -0.05) is 42.5 Å². The van der Waals surface area contributed by atoms with E-state index in [1.165, 1.54) is 17.2 Å². The summed E-state index contributed by atoms with van der Waals surface area (Å²) in [6.45, 7) is 0.835. The van der Waals surface area contributed by atoms with E-state index in [9.17, 15) is 9.50 Å². The van der Waals surface area contributed by atoms with E-state index >= 15 is 0 Å². The topological polar surface area (TPSA) is 41.5 Å². The number of hydrogen-bond acceptors (Lipinski definition) is 3. The van der Waals surface area contributed by atoms with Crippen molar-refractivity contribution < 1.29 is 14.2 Å². The lowest BCUT2D eigenvalue weighted by Gasteiger charge is -2.27. The fraction of sp³-hybridized carbons (Fsp3) is 0.400. The number of hydrogen-bond donors (Lipinski definition) is 2. The van der Waals surface area contributed by atoms with Crippen molar-refractivity contribution in [3.63, 3.8) is 0 Å². The van der Waals surface area contributed by atoms with Gasteiger partial charge in [0.05, 0.1) is 19.3 Å². The molecule has 0 radical (unpaired) electrons. The average Bonchev–Trinajstić information content (AvgIpc) is 2.61. The van der Waals surface area contributed by atoms with Crippen molar-refractivity contribution in [2.24, 2.45) is 0 Å². The van der Waals surface area contributed by atoms with Crippen molar-refractivity contribution in [2.75, 3.05) is 13.2 Å². The predicted octanol–water partition coefficient (Wildman–Crippen LogP) is 3.37. The molecular weight excluding hydrogens is 305 g/mol. The Bertz CT molecular complexity index is 662. The van der Waals surface area contributed by atoms with Gasteiger partial charge in [-0.25, -0.2) is 4.39 Å². The third-order valence-corrected chi connectivity index (χ3v) is 4.49. The number of rotatable bonds is 7. The molecule has 3 nitrogen and oxygen atoms in total. The SMILES string of the molecule is O[C@H](CN[C@H]1CCCc2ccccc21)COCc1ccccc1F. The van der Waals surface area contributed by atoms with Crippen molar-refractivity contribution in [1.82, 2.24) is 5.32 Å². The summed E-state index contributed by atoms with van der Waals surface area (Å²) in [4.78, 5) is 0. The Labute approximate surface area is 142 Å². The normalized spacial score (nSPS) is 18.2. The number of aryl methyl sites for hydroxylation is 1. The molecule has 2 N–H and O–H groups in total. The monoisotopic (exact) mass is 329 g/mol. The molecule has 0 unspecified atom stereocenters. The lowest BCUT2D eigenvalue weighted by Crippen LogP contribution is -2.34. The average molecular weight is 329 g/mol. The van der Waals surface area contributed by atoms with E-state index in [2.05, 4.69) is 29.6 Å². The van der Waals surface area contributed by atoms with Crippen LogP contribution in [0.2, 0.25) is 0 Å². The van der Waals surface area contributed by atoms with E-state index in [0.29, 0.717) is 12.1 Å². The molecular formula is C20H24FNO2. The van der Waals surface area contributed by atoms with Crippen LogP contribution in [0.15, 0.2) is 48.5 Å². The van der Waals surface area contributed by atoms with E-state index < -0.39 is 6.10 Å². The van der Waals surface area contributed by atoms with Crippen LogP contribution in [-0.4, -0.2) is 24.4 Å². The highest BCUT2D eigenvalue weighted by atomic mass is 19.1. The number of benzene rings is 2. The number of halogens is 1. The van der Waals surface area contributed by atoms with Gasteiger partial charge in [-0.05, 0) is 36.5 Å². The minimum absolute atomic E-state index is 0.177. The zero-order chi connectivity index (χ0) is 16.8. The molecule has 2 aromatic carbocycles. The highest BCUT2D eigenvalue weighted by Gasteiger charge is 2.20. The second-order valence-corrected chi connectivity index (χ2v) is 6.31. The maximum atomic E-state index is 13.5. The van der Waals surface area contributed by atoms with Crippen LogP contribution in [0.1, 0.15) is 35.6 Å². The molecule has 4 heteroatoms. The van der Waals surface area contributed by atoms with Crippen molar-refractivity contribution >= 4 is 0 Å². The largest absolute Gasteiger partial charge is 0.389 e. The van der Waals surface area contributed by atoms with Crippen molar-refractivity contribution in [1.29, 1.82) is 0 Å². The Hall–Kier alpha value is -1.75. The van der Waals surface area contributed by atoms with Crippen LogP contribution >= 0.6 is 0 Å². The molecule has 1 aliphatic rings.